The number of nitrogens with zero attached hydrogens (tertiary/aromatic N) is 2. The first kappa shape index (κ1) is 23.5. The second-order valence-corrected chi connectivity index (χ2v) is 10.1. The summed E-state index contributed by atoms with van der Waals surface area (Å²) in [5, 5.41) is 6.28. The van der Waals surface area contributed by atoms with Gasteiger partial charge < -0.3 is 15.5 Å². The molecule has 1 heterocycles. The molecule has 9 heteroatoms. The molecule has 1 aliphatic heterocycles. The number of benzene rings is 2. The number of hydrogen-bond acceptors (Lipinski definition) is 4. The third-order valence-corrected chi connectivity index (χ3v) is 7.50. The molecule has 0 aromatic heterocycles. The van der Waals surface area contributed by atoms with Gasteiger partial charge in [-0.05, 0) is 62.3 Å². The summed E-state index contributed by atoms with van der Waals surface area (Å²) < 4.78 is 27.7. The largest absolute Gasteiger partial charge is 0.331 e. The highest BCUT2D eigenvalue weighted by Gasteiger charge is 2.26. The minimum Gasteiger partial charge on any atom is -0.331 e. The number of nitrogens with one attached hydrogen (secondary N) is 2. The number of amides is 2. The first-order valence-electron chi connectivity index (χ1n) is 10.4. The molecule has 1 saturated heterocycles. The molecule has 0 aliphatic carbocycles. The summed E-state index contributed by atoms with van der Waals surface area (Å²) >= 11 is 6.06. The fourth-order valence-corrected chi connectivity index (χ4v) is 5.33. The van der Waals surface area contributed by atoms with Crippen LogP contribution in [-0.2, 0) is 10.0 Å². The average Bonchev–Trinajstić information content (AvgIpc) is 2.97. The van der Waals surface area contributed by atoms with Gasteiger partial charge in [-0.2, -0.15) is 4.31 Å². The van der Waals surface area contributed by atoms with Crippen LogP contribution < -0.4 is 10.6 Å². The van der Waals surface area contributed by atoms with Gasteiger partial charge in [-0.15, -0.1) is 0 Å². The fraction of sp³-hybridized carbons (Fsp3) is 0.409. The lowest BCUT2D eigenvalue weighted by Crippen LogP contribution is -2.34. The van der Waals surface area contributed by atoms with Crippen molar-refractivity contribution < 1.29 is 13.2 Å². The first-order chi connectivity index (χ1) is 14.8. The quantitative estimate of drug-likeness (QED) is 0.678. The van der Waals surface area contributed by atoms with Crippen LogP contribution in [0.4, 0.5) is 10.5 Å². The Morgan fingerprint density at radius 1 is 1.10 bits per heavy atom. The molecule has 0 radical (unpaired) electrons. The number of carbonyl (C=O) groups is 1. The smallest absolute Gasteiger partial charge is 0.319 e. The van der Waals surface area contributed by atoms with Gasteiger partial charge in [-0.25, -0.2) is 13.2 Å². The Kier molecular flexibility index (Phi) is 7.94. The molecule has 168 valence electrons. The molecular weight excluding hydrogens is 436 g/mol. The molecule has 7 nitrogen and oxygen atoms in total. The molecule has 31 heavy (non-hydrogen) atoms. The van der Waals surface area contributed by atoms with Gasteiger partial charge in [0.15, 0.2) is 0 Å². The third-order valence-electron chi connectivity index (χ3n) is 5.37. The molecule has 2 aromatic carbocycles. The van der Waals surface area contributed by atoms with Crippen molar-refractivity contribution in [2.24, 2.45) is 0 Å². The maximum absolute atomic E-state index is 13.1. The van der Waals surface area contributed by atoms with Crippen LogP contribution in [0.1, 0.15) is 31.4 Å². The van der Waals surface area contributed by atoms with E-state index in [9.17, 15) is 13.2 Å². The summed E-state index contributed by atoms with van der Waals surface area (Å²) in [6.07, 6.45) is 1.48. The Labute approximate surface area is 189 Å². The summed E-state index contributed by atoms with van der Waals surface area (Å²) in [4.78, 5) is 14.9. The van der Waals surface area contributed by atoms with E-state index in [-0.39, 0.29) is 10.9 Å². The van der Waals surface area contributed by atoms with Crippen LogP contribution in [-0.4, -0.2) is 56.9 Å². The lowest BCUT2D eigenvalue weighted by atomic mass is 10.1. The summed E-state index contributed by atoms with van der Waals surface area (Å²) in [6.45, 7) is 4.48. The number of halogens is 1. The molecule has 2 N–H and O–H groups in total. The van der Waals surface area contributed by atoms with E-state index in [1.165, 1.54) is 10.4 Å². The van der Waals surface area contributed by atoms with E-state index in [4.69, 9.17) is 11.6 Å². The SMILES string of the molecule is CCC(NC(=O)Nc1cccc(S(=O)(=O)N2CCCN(C)CC2)c1)c1cccc(Cl)c1. The van der Waals surface area contributed by atoms with Gasteiger partial charge in [0.1, 0.15) is 0 Å². The number of sulfonamides is 1. The molecular formula is C22H29ClN4O3S. The topological polar surface area (TPSA) is 81.8 Å². The van der Waals surface area contributed by atoms with Gasteiger partial charge in [0, 0.05) is 30.3 Å². The first-order valence-corrected chi connectivity index (χ1v) is 12.2. The number of likely N-dealkylation sites (N-methyl/N-ethyl adjacent to an activating group) is 1. The van der Waals surface area contributed by atoms with E-state index in [0.29, 0.717) is 36.8 Å². The summed E-state index contributed by atoms with van der Waals surface area (Å²) in [5.74, 6) is 0. The highest BCUT2D eigenvalue weighted by atomic mass is 35.5. The van der Waals surface area contributed by atoms with E-state index < -0.39 is 16.1 Å². The zero-order chi connectivity index (χ0) is 22.4. The fourth-order valence-electron chi connectivity index (χ4n) is 3.62. The zero-order valence-corrected chi connectivity index (χ0v) is 19.4. The summed E-state index contributed by atoms with van der Waals surface area (Å²) in [7, 11) is -1.63. The van der Waals surface area contributed by atoms with E-state index >= 15 is 0 Å². The van der Waals surface area contributed by atoms with E-state index in [1.807, 2.05) is 32.2 Å². The average molecular weight is 465 g/mol. The van der Waals surface area contributed by atoms with Crippen molar-refractivity contribution in [1.82, 2.24) is 14.5 Å². The molecule has 2 amide bonds. The van der Waals surface area contributed by atoms with Crippen molar-refractivity contribution in [2.45, 2.75) is 30.7 Å². The van der Waals surface area contributed by atoms with Crippen molar-refractivity contribution >= 4 is 33.3 Å². The number of rotatable bonds is 6. The molecule has 0 spiro atoms. The molecule has 0 bridgehead atoms. The normalized spacial score (nSPS) is 17.0. The van der Waals surface area contributed by atoms with Crippen LogP contribution in [0.2, 0.25) is 5.02 Å². The Morgan fingerprint density at radius 3 is 2.61 bits per heavy atom. The van der Waals surface area contributed by atoms with Crippen molar-refractivity contribution in [3.05, 3.63) is 59.1 Å². The summed E-state index contributed by atoms with van der Waals surface area (Å²) in [5.41, 5.74) is 1.33. The number of carbonyl (C=O) groups excluding carboxylic acids is 1. The second kappa shape index (κ2) is 10.5. The van der Waals surface area contributed by atoms with Crippen molar-refractivity contribution in [3.8, 4) is 0 Å². The Morgan fingerprint density at radius 2 is 1.87 bits per heavy atom. The Hall–Kier alpha value is -2.13. The van der Waals surface area contributed by atoms with E-state index in [1.54, 1.807) is 24.3 Å². The van der Waals surface area contributed by atoms with Crippen molar-refractivity contribution in [3.63, 3.8) is 0 Å². The van der Waals surface area contributed by atoms with Gasteiger partial charge in [-0.3, -0.25) is 0 Å². The van der Waals surface area contributed by atoms with Crippen molar-refractivity contribution in [1.29, 1.82) is 0 Å². The third kappa shape index (κ3) is 6.20. The lowest BCUT2D eigenvalue weighted by Gasteiger charge is -2.21. The number of hydrogen-bond donors (Lipinski definition) is 2. The van der Waals surface area contributed by atoms with Crippen LogP contribution >= 0.6 is 11.6 Å². The Balaban J connectivity index is 1.70. The maximum Gasteiger partial charge on any atom is 0.319 e. The minimum absolute atomic E-state index is 0.178. The Bertz CT molecular complexity index is 1020. The van der Waals surface area contributed by atoms with Gasteiger partial charge >= 0.3 is 6.03 Å². The molecule has 0 saturated carbocycles. The number of anilines is 1. The molecule has 2 aromatic rings. The molecule has 1 fully saturated rings. The predicted octanol–water partition coefficient (Wildman–Crippen LogP) is 3.94. The molecule has 1 unspecified atom stereocenters. The minimum atomic E-state index is -3.62. The molecule has 3 rings (SSSR count). The summed E-state index contributed by atoms with van der Waals surface area (Å²) in [6, 6.07) is 13.1. The van der Waals surface area contributed by atoms with Gasteiger partial charge in [0.05, 0.1) is 10.9 Å². The van der Waals surface area contributed by atoms with Crippen LogP contribution in [0.15, 0.2) is 53.4 Å². The van der Waals surface area contributed by atoms with Crippen LogP contribution in [0, 0.1) is 0 Å². The number of urea groups is 1. The maximum atomic E-state index is 13.1. The van der Waals surface area contributed by atoms with Gasteiger partial charge in [-0.1, -0.05) is 36.7 Å². The predicted molar refractivity (Wildman–Crippen MR) is 124 cm³/mol. The van der Waals surface area contributed by atoms with Gasteiger partial charge in [0.2, 0.25) is 10.0 Å². The zero-order valence-electron chi connectivity index (χ0n) is 17.8. The molecule has 1 atom stereocenters. The van der Waals surface area contributed by atoms with E-state index in [2.05, 4.69) is 15.5 Å². The van der Waals surface area contributed by atoms with Gasteiger partial charge in [0.25, 0.3) is 0 Å². The van der Waals surface area contributed by atoms with Crippen molar-refractivity contribution in [2.75, 3.05) is 38.5 Å². The highest BCUT2D eigenvalue weighted by molar-refractivity contribution is 7.89. The van der Waals surface area contributed by atoms with E-state index in [0.717, 1.165) is 18.5 Å². The van der Waals surface area contributed by atoms with Crippen LogP contribution in [0.3, 0.4) is 0 Å². The van der Waals surface area contributed by atoms with Crippen LogP contribution in [0.25, 0.3) is 0 Å². The monoisotopic (exact) mass is 464 g/mol. The highest BCUT2D eigenvalue weighted by Crippen LogP contribution is 2.23. The second-order valence-electron chi connectivity index (χ2n) is 7.70. The molecule has 1 aliphatic rings. The van der Waals surface area contributed by atoms with Crippen LogP contribution in [0.5, 0.6) is 0 Å². The standard InChI is InChI=1S/C22H29ClN4O3S/c1-3-21(17-7-4-8-18(23)15-17)25-22(28)24-19-9-5-10-20(16-19)31(29,30)27-12-6-11-26(2)13-14-27/h4-5,7-10,15-16,21H,3,6,11-14H2,1-2H3,(H2,24,25,28). The lowest BCUT2D eigenvalue weighted by molar-refractivity contribution is 0.248.